The van der Waals surface area contributed by atoms with Crippen LogP contribution in [0.4, 0.5) is 19.9 Å². The molecular formula is C76H96N14O19S2. The number of benzene rings is 2. The van der Waals surface area contributed by atoms with E-state index in [0.717, 1.165) is 38.5 Å². The number of esters is 2. The molecular weight excluding hydrogens is 1480 g/mol. The summed E-state index contributed by atoms with van der Waals surface area (Å²) in [6.07, 6.45) is 13.7. The molecule has 12 rings (SSSR count). The zero-order valence-corrected chi connectivity index (χ0v) is 65.3. The van der Waals surface area contributed by atoms with E-state index >= 15 is 0 Å². The van der Waals surface area contributed by atoms with Crippen LogP contribution in [0.2, 0.25) is 0 Å². The molecule has 8 N–H and O–H groups in total. The summed E-state index contributed by atoms with van der Waals surface area (Å²) < 4.78 is 38.6. The molecule has 0 spiro atoms. The summed E-state index contributed by atoms with van der Waals surface area (Å²) in [6, 6.07) is 6.49. The van der Waals surface area contributed by atoms with E-state index in [2.05, 4.69) is 51.8 Å². The Kier molecular flexibility index (Phi) is 27.2. The lowest BCUT2D eigenvalue weighted by atomic mass is 10.0. The molecule has 4 aliphatic heterocycles. The molecule has 2 saturated carbocycles. The molecule has 35 heteroatoms. The van der Waals surface area contributed by atoms with E-state index in [4.69, 9.17) is 43.1 Å². The lowest BCUT2D eigenvalue weighted by Crippen LogP contribution is -2.56. The van der Waals surface area contributed by atoms with E-state index in [1.165, 1.54) is 39.6 Å². The largest absolute Gasteiger partial charge is 0.497 e. The van der Waals surface area contributed by atoms with E-state index in [9.17, 15) is 57.8 Å². The second kappa shape index (κ2) is 36.4. The lowest BCUT2D eigenvalue weighted by Gasteiger charge is -2.30. The zero-order chi connectivity index (χ0) is 80.0. The first-order chi connectivity index (χ1) is 53.0. The van der Waals surface area contributed by atoms with Crippen molar-refractivity contribution in [1.82, 2.24) is 61.0 Å². The fourth-order valence-corrected chi connectivity index (χ4v) is 14.8. The zero-order valence-electron chi connectivity index (χ0n) is 63.7. The number of nitrogens with zero attached hydrogens (tertiary/aromatic N) is 7. The number of amides is 8. The Labute approximate surface area is 648 Å². The minimum atomic E-state index is -1.26. The number of methoxy groups -OCH3 is 2. The minimum Gasteiger partial charge on any atom is -0.497 e. The molecule has 6 aliphatic rings. The van der Waals surface area contributed by atoms with Gasteiger partial charge in [-0.25, -0.2) is 44.1 Å². The first-order valence-electron chi connectivity index (χ1n) is 37.0. The summed E-state index contributed by atoms with van der Waals surface area (Å²) in [7, 11) is 3.09. The highest BCUT2D eigenvalue weighted by atomic mass is 32.1. The number of allylic oxidation sites excluding steroid dienone is 2. The number of nitrogens with one attached hydrogen (secondary N) is 7. The Morgan fingerprint density at radius 3 is 1.60 bits per heavy atom. The highest BCUT2D eigenvalue weighted by molar-refractivity contribution is 7.14. The quantitative estimate of drug-likeness (QED) is 0.0197. The number of aromatic amines is 1. The van der Waals surface area contributed by atoms with Gasteiger partial charge in [-0.3, -0.25) is 33.6 Å². The van der Waals surface area contributed by atoms with Crippen molar-refractivity contribution in [2.45, 2.75) is 204 Å². The Morgan fingerprint density at radius 1 is 0.613 bits per heavy atom. The minimum absolute atomic E-state index is 0.0286. The summed E-state index contributed by atoms with van der Waals surface area (Å²) in [5.41, 5.74) is -0.783. The van der Waals surface area contributed by atoms with Crippen LogP contribution in [0.1, 0.15) is 145 Å². The SMILES string of the molecule is CCOC(=O)[C@@]12C[C@H]1/C=C\CCCCC[C@@H](NC(=O)OC(C)(C)C)C(=O)N1CC(Oc3nc4cc(OC)ccc4nc3-c3csc(NC=O)n3)C[C@H]1C(=O)N2.CCOC(=O)[C@@]12C[C@H]1/C=C\CCCCC[C@@H](NC(=O)OC(C)(C)C)C(=O)N1C[C@@H](O)C[C@H]1C(=O)N2.COc1ccc2nc(-c3csc(NC=O)n3)c(=O)[nH]c2c1. The maximum atomic E-state index is 14.5. The molecule has 4 aromatic heterocycles. The third-order valence-corrected chi connectivity index (χ3v) is 20.6. The van der Waals surface area contributed by atoms with Crippen LogP contribution < -0.4 is 51.7 Å². The predicted molar refractivity (Wildman–Crippen MR) is 409 cm³/mol. The summed E-state index contributed by atoms with van der Waals surface area (Å²) in [5.74, 6) is -2.18. The number of aliphatic hydroxyl groups excluding tert-OH is 1. The second-order valence-electron chi connectivity index (χ2n) is 29.5. The van der Waals surface area contributed by atoms with Crippen LogP contribution in [-0.2, 0) is 57.3 Å². The van der Waals surface area contributed by atoms with Gasteiger partial charge >= 0.3 is 24.1 Å². The fraction of sp³-hybridized carbons (Fsp3) is 0.526. The molecule has 1 unspecified atom stereocenters. The topological polar surface area (TPSA) is 432 Å². The Bertz CT molecular complexity index is 4530. The Morgan fingerprint density at radius 2 is 1.10 bits per heavy atom. The summed E-state index contributed by atoms with van der Waals surface area (Å²) >= 11 is 2.42. The second-order valence-corrected chi connectivity index (χ2v) is 31.2. The molecule has 33 nitrogen and oxygen atoms in total. The van der Waals surface area contributed by atoms with Crippen LogP contribution in [0.25, 0.3) is 44.8 Å². The first-order valence-corrected chi connectivity index (χ1v) is 38.8. The normalized spacial score (nSPS) is 24.7. The number of aliphatic hydroxyl groups is 1. The first kappa shape index (κ1) is 82.8. The molecule has 2 aliphatic carbocycles. The number of hydrogen-bond donors (Lipinski definition) is 8. The number of carbonyl (C=O) groups excluding carboxylic acids is 10. The molecule has 4 fully saturated rings. The van der Waals surface area contributed by atoms with Crippen molar-refractivity contribution < 1.29 is 86.2 Å². The molecule has 10 atom stereocenters. The van der Waals surface area contributed by atoms with E-state index < -0.39 is 106 Å². The Balaban J connectivity index is 0.000000198. The van der Waals surface area contributed by atoms with Crippen LogP contribution >= 0.6 is 22.7 Å². The number of anilines is 2. The summed E-state index contributed by atoms with van der Waals surface area (Å²) in [5, 5.41) is 30.7. The van der Waals surface area contributed by atoms with Gasteiger partial charge in [0, 0.05) is 54.1 Å². The van der Waals surface area contributed by atoms with Gasteiger partial charge in [-0.15, -0.1) is 22.7 Å². The number of hydrogen-bond acceptors (Lipinski definition) is 26. The smallest absolute Gasteiger partial charge is 0.408 e. The molecule has 2 aromatic carbocycles. The molecule has 2 saturated heterocycles. The third kappa shape index (κ3) is 21.1. The number of carbonyl (C=O) groups is 10. The van der Waals surface area contributed by atoms with Gasteiger partial charge in [0.25, 0.3) is 5.56 Å². The Hall–Kier alpha value is -10.7. The van der Waals surface area contributed by atoms with Crippen LogP contribution in [0, 0.1) is 11.8 Å². The van der Waals surface area contributed by atoms with E-state index in [1.807, 2.05) is 24.3 Å². The van der Waals surface area contributed by atoms with Gasteiger partial charge in [0.05, 0.1) is 62.1 Å². The molecule has 111 heavy (non-hydrogen) atoms. The van der Waals surface area contributed by atoms with Gasteiger partial charge in [0.15, 0.2) is 21.7 Å². The fourth-order valence-electron chi connectivity index (χ4n) is 13.5. The van der Waals surface area contributed by atoms with Crippen molar-refractivity contribution in [3.05, 3.63) is 81.8 Å². The van der Waals surface area contributed by atoms with Crippen molar-refractivity contribution in [3.63, 3.8) is 0 Å². The number of rotatable bonds is 16. The molecule has 6 aromatic rings. The van der Waals surface area contributed by atoms with Crippen LogP contribution in [0.5, 0.6) is 17.4 Å². The van der Waals surface area contributed by atoms with Gasteiger partial charge in [0.1, 0.15) is 75.4 Å². The van der Waals surface area contributed by atoms with E-state index in [0.29, 0.717) is 107 Å². The van der Waals surface area contributed by atoms with Crippen molar-refractivity contribution in [2.75, 3.05) is 51.2 Å². The lowest BCUT2D eigenvalue weighted by molar-refractivity contribution is -0.150. The van der Waals surface area contributed by atoms with Crippen molar-refractivity contribution >= 4 is 116 Å². The highest BCUT2D eigenvalue weighted by Crippen LogP contribution is 2.48. The van der Waals surface area contributed by atoms with Gasteiger partial charge in [0.2, 0.25) is 42.3 Å². The maximum Gasteiger partial charge on any atom is 0.408 e. The molecule has 596 valence electrons. The third-order valence-electron chi connectivity index (χ3n) is 19.0. The molecule has 8 amide bonds. The number of thiazole rings is 2. The number of H-pyrrole nitrogens is 1. The van der Waals surface area contributed by atoms with Gasteiger partial charge in [-0.2, -0.15) is 0 Å². The van der Waals surface area contributed by atoms with Crippen molar-refractivity contribution in [3.8, 4) is 40.2 Å². The average molecular weight is 1570 g/mol. The number of alkyl carbamates (subject to hydrolysis) is 2. The van der Waals surface area contributed by atoms with Crippen molar-refractivity contribution in [1.29, 1.82) is 0 Å². The highest BCUT2D eigenvalue weighted by Gasteiger charge is 2.63. The van der Waals surface area contributed by atoms with E-state index in [-0.39, 0.29) is 73.8 Å². The summed E-state index contributed by atoms with van der Waals surface area (Å²) in [6.45, 7) is 14.1. The number of ether oxygens (including phenoxy) is 7. The van der Waals surface area contributed by atoms with Crippen LogP contribution in [0.3, 0.4) is 0 Å². The van der Waals surface area contributed by atoms with Gasteiger partial charge in [-0.05, 0) is 131 Å². The van der Waals surface area contributed by atoms with Crippen molar-refractivity contribution in [2.24, 2.45) is 11.8 Å². The van der Waals surface area contributed by atoms with Gasteiger partial charge in [-0.1, -0.05) is 50.0 Å². The standard InChI is InChI=1S/C38H47N7O9S.C25H39N3O7.C13H10N4O3S/c1-6-52-34(49)38-18-22(38)12-10-8-7-9-11-13-26(43-36(50)54-37(2,3)4)33(48)45-19-24(17-29(45)31(47)44-38)53-32-30(28-20-55-35(42-28)39-21-46)40-25-15-14-23(51-5)16-27(25)41-32;1-5-34-22(32)25-14-16(25)11-9-7-6-8-10-12-18(26-23(33)35-24(2,3)4)21(31)28-15-17(29)13-19(28)20(30)27-25;1-20-7-2-3-8-9(4-7)16-12(19)11(15-8)10-5-21-13(17-10)14-6-18/h10,12,14-16,20-22,24,26,29H,6-9,11,13,17-19H2,1-5H3,(H,43,50)(H,44,47)(H,39,42,46);9,11,16-19,29H,5-8,10,12-15H2,1-4H3,(H,26,33)(H,27,30);2-6H,1H3,(H,16,19)(H,14,17,18)/b12-10-;11-9-;/t22-,24?,26-,29+,38-;16-,17+,18-,19+,25-;/m11./s1. The predicted octanol–water partition coefficient (Wildman–Crippen LogP) is 7.95. The molecule has 8 heterocycles. The number of fused-ring (bicyclic) bond motifs is 6. The molecule has 0 bridgehead atoms. The van der Waals surface area contributed by atoms with Crippen LogP contribution in [0.15, 0.2) is 76.3 Å². The van der Waals surface area contributed by atoms with Crippen LogP contribution in [-0.4, -0.2) is 205 Å². The monoisotopic (exact) mass is 1570 g/mol. The van der Waals surface area contributed by atoms with E-state index in [1.54, 1.807) is 110 Å². The average Bonchev–Trinajstić information content (AvgIpc) is 1.59. The van der Waals surface area contributed by atoms with Gasteiger partial charge < -0.3 is 84.9 Å². The molecule has 0 radical (unpaired) electrons. The number of aromatic nitrogens is 6. The summed E-state index contributed by atoms with van der Waals surface area (Å²) in [4.78, 5) is 169. The maximum absolute atomic E-state index is 14.5.